The standard InChI is InChI=1S/C4H3N5O/c1-3(6-8-5-1)4-2-10-9-7-4/h1-2H,(H,5,6,8). The van der Waals surface area contributed by atoms with Crippen LogP contribution in [0.4, 0.5) is 0 Å². The summed E-state index contributed by atoms with van der Waals surface area (Å²) in [6.07, 6.45) is 2.95. The maximum Gasteiger partial charge on any atom is 0.153 e. The Morgan fingerprint density at radius 3 is 3.10 bits per heavy atom. The van der Waals surface area contributed by atoms with Crippen LogP contribution >= 0.6 is 0 Å². The first kappa shape index (κ1) is 5.10. The zero-order valence-electron chi connectivity index (χ0n) is 4.85. The van der Waals surface area contributed by atoms with Gasteiger partial charge in [0.05, 0.1) is 6.20 Å². The average molecular weight is 137 g/mol. The number of aromatic amines is 1. The molecule has 0 amide bonds. The van der Waals surface area contributed by atoms with Crippen LogP contribution in [0.3, 0.4) is 0 Å². The van der Waals surface area contributed by atoms with Crippen molar-refractivity contribution in [3.8, 4) is 11.4 Å². The predicted octanol–water partition coefficient (Wildman–Crippen LogP) is -0.145. The van der Waals surface area contributed by atoms with Crippen molar-refractivity contribution in [1.29, 1.82) is 0 Å². The maximum absolute atomic E-state index is 4.50. The van der Waals surface area contributed by atoms with Crippen molar-refractivity contribution in [3.63, 3.8) is 0 Å². The van der Waals surface area contributed by atoms with Gasteiger partial charge in [0.2, 0.25) is 0 Å². The molecule has 0 atom stereocenters. The molecule has 2 aromatic rings. The zero-order chi connectivity index (χ0) is 6.81. The second-order valence-corrected chi connectivity index (χ2v) is 1.66. The molecule has 0 radical (unpaired) electrons. The summed E-state index contributed by atoms with van der Waals surface area (Å²) in [5.74, 6) is 0. The van der Waals surface area contributed by atoms with Crippen molar-refractivity contribution >= 4 is 0 Å². The highest BCUT2D eigenvalue weighted by Gasteiger charge is 2.01. The van der Waals surface area contributed by atoms with E-state index in [-0.39, 0.29) is 0 Å². The Hall–Kier alpha value is -1.72. The van der Waals surface area contributed by atoms with E-state index in [1.807, 2.05) is 0 Å². The Kier molecular flexibility index (Phi) is 0.970. The van der Waals surface area contributed by atoms with E-state index in [0.29, 0.717) is 11.4 Å². The van der Waals surface area contributed by atoms with Gasteiger partial charge in [0.1, 0.15) is 5.69 Å². The zero-order valence-corrected chi connectivity index (χ0v) is 4.85. The summed E-state index contributed by atoms with van der Waals surface area (Å²) in [6.45, 7) is 0. The van der Waals surface area contributed by atoms with E-state index in [9.17, 15) is 0 Å². The highest BCUT2D eigenvalue weighted by atomic mass is 16.5. The maximum atomic E-state index is 4.50. The minimum Gasteiger partial charge on any atom is -0.345 e. The lowest BCUT2D eigenvalue weighted by Crippen LogP contribution is -1.76. The number of nitrogens with one attached hydrogen (secondary N) is 1. The minimum absolute atomic E-state index is 0.602. The van der Waals surface area contributed by atoms with Crippen molar-refractivity contribution in [2.24, 2.45) is 0 Å². The number of hydrogen-bond acceptors (Lipinski definition) is 5. The van der Waals surface area contributed by atoms with Gasteiger partial charge in [-0.3, -0.25) is 5.10 Å². The van der Waals surface area contributed by atoms with E-state index in [2.05, 4.69) is 30.3 Å². The summed E-state index contributed by atoms with van der Waals surface area (Å²) < 4.78 is 4.50. The summed E-state index contributed by atoms with van der Waals surface area (Å²) in [7, 11) is 0. The molecule has 10 heavy (non-hydrogen) atoms. The molecule has 50 valence electrons. The van der Waals surface area contributed by atoms with E-state index in [1.54, 1.807) is 6.20 Å². The van der Waals surface area contributed by atoms with E-state index in [1.165, 1.54) is 6.26 Å². The van der Waals surface area contributed by atoms with Crippen molar-refractivity contribution < 1.29 is 4.52 Å². The third kappa shape index (κ3) is 0.661. The topological polar surface area (TPSA) is 80.5 Å². The second kappa shape index (κ2) is 1.90. The van der Waals surface area contributed by atoms with Gasteiger partial charge in [-0.25, -0.2) is 0 Å². The Morgan fingerprint density at radius 1 is 1.50 bits per heavy atom. The lowest BCUT2D eigenvalue weighted by Gasteiger charge is -1.78. The van der Waals surface area contributed by atoms with Gasteiger partial charge in [-0.2, -0.15) is 0 Å². The molecule has 2 rings (SSSR count). The Morgan fingerprint density at radius 2 is 2.50 bits per heavy atom. The first-order valence-corrected chi connectivity index (χ1v) is 2.60. The van der Waals surface area contributed by atoms with Gasteiger partial charge in [-0.15, -0.1) is 10.2 Å². The molecule has 0 aliphatic heterocycles. The molecule has 0 aliphatic carbocycles. The SMILES string of the molecule is c1onnc1-c1cnn[nH]1. The molecule has 2 heterocycles. The molecule has 0 spiro atoms. The van der Waals surface area contributed by atoms with E-state index in [0.717, 1.165) is 0 Å². The normalized spacial score (nSPS) is 10.0. The van der Waals surface area contributed by atoms with Gasteiger partial charge in [0.15, 0.2) is 12.0 Å². The molecule has 6 heteroatoms. The highest BCUT2D eigenvalue weighted by Crippen LogP contribution is 2.08. The number of H-pyrrole nitrogens is 1. The number of nitrogens with zero attached hydrogens (tertiary/aromatic N) is 4. The van der Waals surface area contributed by atoms with Crippen LogP contribution in [0.1, 0.15) is 0 Å². The molecule has 0 bridgehead atoms. The molecule has 0 fully saturated rings. The van der Waals surface area contributed by atoms with E-state index in [4.69, 9.17) is 0 Å². The molecule has 0 aromatic carbocycles. The fourth-order valence-electron chi connectivity index (χ4n) is 0.604. The monoisotopic (exact) mass is 137 g/mol. The van der Waals surface area contributed by atoms with Crippen molar-refractivity contribution in [2.75, 3.05) is 0 Å². The van der Waals surface area contributed by atoms with Gasteiger partial charge in [0.25, 0.3) is 0 Å². The largest absolute Gasteiger partial charge is 0.345 e. The fourth-order valence-corrected chi connectivity index (χ4v) is 0.604. The van der Waals surface area contributed by atoms with Crippen LogP contribution in [-0.2, 0) is 0 Å². The average Bonchev–Trinajstić information content (AvgIpc) is 2.59. The summed E-state index contributed by atoms with van der Waals surface area (Å²) >= 11 is 0. The summed E-state index contributed by atoms with van der Waals surface area (Å²) in [5.41, 5.74) is 1.30. The summed E-state index contributed by atoms with van der Waals surface area (Å²) in [6, 6.07) is 0. The smallest absolute Gasteiger partial charge is 0.153 e. The van der Waals surface area contributed by atoms with Crippen LogP contribution in [0.5, 0.6) is 0 Å². The summed E-state index contributed by atoms with van der Waals surface area (Å²) in [4.78, 5) is 0. The van der Waals surface area contributed by atoms with E-state index < -0.39 is 0 Å². The van der Waals surface area contributed by atoms with Gasteiger partial charge in [-0.05, 0) is 0 Å². The Balaban J connectivity index is 2.48. The molecule has 2 aromatic heterocycles. The lowest BCUT2D eigenvalue weighted by molar-refractivity contribution is 0.393. The quantitative estimate of drug-likeness (QED) is 0.591. The van der Waals surface area contributed by atoms with Crippen molar-refractivity contribution in [3.05, 3.63) is 12.5 Å². The Bertz CT molecular complexity index is 253. The highest BCUT2D eigenvalue weighted by molar-refractivity contribution is 5.48. The third-order valence-corrected chi connectivity index (χ3v) is 1.05. The van der Waals surface area contributed by atoms with Crippen LogP contribution in [0, 0.1) is 0 Å². The van der Waals surface area contributed by atoms with E-state index >= 15 is 0 Å². The lowest BCUT2D eigenvalue weighted by atomic mass is 10.4. The molecular weight excluding hydrogens is 134 g/mol. The molecule has 6 nitrogen and oxygen atoms in total. The van der Waals surface area contributed by atoms with Crippen LogP contribution < -0.4 is 0 Å². The van der Waals surface area contributed by atoms with Gasteiger partial charge in [-0.1, -0.05) is 5.21 Å². The number of hydrogen-bond donors (Lipinski definition) is 1. The number of aromatic nitrogens is 5. The predicted molar refractivity (Wildman–Crippen MR) is 29.7 cm³/mol. The first-order valence-electron chi connectivity index (χ1n) is 2.60. The van der Waals surface area contributed by atoms with Crippen molar-refractivity contribution in [1.82, 2.24) is 25.8 Å². The molecular formula is C4H3N5O. The van der Waals surface area contributed by atoms with Gasteiger partial charge in [0, 0.05) is 5.27 Å². The van der Waals surface area contributed by atoms with Crippen molar-refractivity contribution in [2.45, 2.75) is 0 Å². The molecule has 1 N–H and O–H groups in total. The second-order valence-electron chi connectivity index (χ2n) is 1.66. The molecule has 0 unspecified atom stereocenters. The molecule has 0 aliphatic rings. The Labute approximate surface area is 55.2 Å². The van der Waals surface area contributed by atoms with Crippen LogP contribution in [0.2, 0.25) is 0 Å². The van der Waals surface area contributed by atoms with Crippen LogP contribution in [-0.4, -0.2) is 25.8 Å². The third-order valence-electron chi connectivity index (χ3n) is 1.05. The summed E-state index contributed by atoms with van der Waals surface area (Å²) in [5, 5.41) is 16.6. The van der Waals surface area contributed by atoms with Crippen LogP contribution in [0.25, 0.3) is 11.4 Å². The molecule has 0 saturated heterocycles. The van der Waals surface area contributed by atoms with Crippen LogP contribution in [0.15, 0.2) is 17.0 Å². The van der Waals surface area contributed by atoms with Gasteiger partial charge < -0.3 is 4.52 Å². The fraction of sp³-hybridized carbons (Fsp3) is 0. The van der Waals surface area contributed by atoms with Gasteiger partial charge >= 0.3 is 0 Å². The number of rotatable bonds is 1. The molecule has 0 saturated carbocycles. The first-order chi connectivity index (χ1) is 4.97. The minimum atomic E-state index is 0.602.